The molecule has 1 saturated heterocycles. The molecule has 3 rings (SSSR count). The van der Waals surface area contributed by atoms with Crippen molar-refractivity contribution < 1.29 is 14.3 Å². The van der Waals surface area contributed by atoms with E-state index in [1.54, 1.807) is 16.9 Å². The molecule has 0 unspecified atom stereocenters. The summed E-state index contributed by atoms with van der Waals surface area (Å²) in [6, 6.07) is 5.71. The number of imidazole rings is 1. The molecule has 26 heavy (non-hydrogen) atoms. The van der Waals surface area contributed by atoms with E-state index in [4.69, 9.17) is 4.74 Å². The van der Waals surface area contributed by atoms with Crippen LogP contribution in [0, 0.1) is 0 Å². The van der Waals surface area contributed by atoms with E-state index >= 15 is 0 Å². The number of likely N-dealkylation sites (tertiary alicyclic amines) is 1. The van der Waals surface area contributed by atoms with Crippen molar-refractivity contribution in [3.05, 3.63) is 24.0 Å². The first kappa shape index (κ1) is 18.2. The average Bonchev–Trinajstić information content (AvgIpc) is 3.06. The molecule has 1 aromatic heterocycles. The summed E-state index contributed by atoms with van der Waals surface area (Å²) in [4.78, 5) is 35.8. The smallest absolute Gasteiger partial charge is 0.242 e. The van der Waals surface area contributed by atoms with Crippen LogP contribution >= 0.6 is 0 Å². The molecular weight excluding hydrogens is 332 g/mol. The molecule has 1 fully saturated rings. The number of hydrogen-bond donors (Lipinski definition) is 1. The first-order valence-corrected chi connectivity index (χ1v) is 9.19. The van der Waals surface area contributed by atoms with Gasteiger partial charge in [0.25, 0.3) is 0 Å². The van der Waals surface area contributed by atoms with Gasteiger partial charge in [-0.1, -0.05) is 0 Å². The topological polar surface area (TPSA) is 78.5 Å². The number of carbonyl (C=O) groups is 2. The summed E-state index contributed by atoms with van der Waals surface area (Å²) in [6.07, 6.45) is 3.11. The van der Waals surface area contributed by atoms with Gasteiger partial charge in [-0.15, -0.1) is 0 Å². The number of amides is 2. The third-order valence-electron chi connectivity index (χ3n) is 4.84. The third kappa shape index (κ3) is 4.15. The Morgan fingerprint density at radius 2 is 2.23 bits per heavy atom. The number of nitrogens with zero attached hydrogens (tertiary/aromatic N) is 3. The molecule has 0 atom stereocenters. The molecule has 7 nitrogen and oxygen atoms in total. The molecule has 2 amide bonds. The molecule has 7 heteroatoms. The number of aromatic amines is 1. The lowest BCUT2D eigenvalue weighted by molar-refractivity contribution is -0.141. The van der Waals surface area contributed by atoms with Crippen LogP contribution in [-0.4, -0.2) is 64.9 Å². The van der Waals surface area contributed by atoms with E-state index in [1.807, 2.05) is 25.1 Å². The van der Waals surface area contributed by atoms with Crippen LogP contribution in [0.4, 0.5) is 0 Å². The lowest BCUT2D eigenvalue weighted by Crippen LogP contribution is -2.45. The van der Waals surface area contributed by atoms with Crippen LogP contribution in [0.25, 0.3) is 11.0 Å². The van der Waals surface area contributed by atoms with Gasteiger partial charge in [0.1, 0.15) is 11.6 Å². The number of H-pyrrole nitrogens is 1. The zero-order valence-corrected chi connectivity index (χ0v) is 15.5. The van der Waals surface area contributed by atoms with Crippen molar-refractivity contribution in [2.45, 2.75) is 32.6 Å². The Morgan fingerprint density at radius 1 is 1.38 bits per heavy atom. The number of aromatic nitrogens is 2. The van der Waals surface area contributed by atoms with E-state index in [0.717, 1.165) is 35.4 Å². The molecule has 1 N–H and O–H groups in total. The summed E-state index contributed by atoms with van der Waals surface area (Å²) in [5.74, 6) is 1.71. The fraction of sp³-hybridized carbons (Fsp3) is 0.526. The fourth-order valence-electron chi connectivity index (χ4n) is 3.28. The maximum Gasteiger partial charge on any atom is 0.242 e. The second-order valence-corrected chi connectivity index (χ2v) is 6.56. The van der Waals surface area contributed by atoms with Gasteiger partial charge in [-0.05, 0) is 31.9 Å². The predicted molar refractivity (Wildman–Crippen MR) is 99.0 cm³/mol. The number of ether oxygens (including phenoxy) is 1. The molecule has 1 aliphatic heterocycles. The zero-order chi connectivity index (χ0) is 18.5. The van der Waals surface area contributed by atoms with Crippen molar-refractivity contribution in [2.24, 2.45) is 0 Å². The second-order valence-electron chi connectivity index (χ2n) is 6.56. The minimum Gasteiger partial charge on any atom is -0.497 e. The molecule has 0 saturated carbocycles. The van der Waals surface area contributed by atoms with Crippen LogP contribution < -0.4 is 4.74 Å². The highest BCUT2D eigenvalue weighted by Gasteiger charge is 2.22. The molecule has 0 spiro atoms. The minimum atomic E-state index is 0.000491. The number of methoxy groups -OCH3 is 1. The Kier molecular flexibility index (Phi) is 5.75. The number of likely N-dealkylation sites (N-methyl/N-ethyl adjacent to an activating group) is 1. The number of hydrogen-bond acceptors (Lipinski definition) is 4. The van der Waals surface area contributed by atoms with Crippen molar-refractivity contribution in [2.75, 3.05) is 33.3 Å². The van der Waals surface area contributed by atoms with Gasteiger partial charge in [-0.25, -0.2) is 4.98 Å². The minimum absolute atomic E-state index is 0.000491. The van der Waals surface area contributed by atoms with E-state index in [9.17, 15) is 9.59 Å². The van der Waals surface area contributed by atoms with Crippen molar-refractivity contribution in [1.82, 2.24) is 19.8 Å². The Balaban J connectivity index is 1.59. The highest BCUT2D eigenvalue weighted by atomic mass is 16.5. The average molecular weight is 358 g/mol. The second kappa shape index (κ2) is 8.21. The number of fused-ring (bicyclic) bond motifs is 1. The monoisotopic (exact) mass is 358 g/mol. The van der Waals surface area contributed by atoms with Crippen LogP contribution in [0.2, 0.25) is 0 Å². The van der Waals surface area contributed by atoms with E-state index in [1.165, 1.54) is 0 Å². The van der Waals surface area contributed by atoms with Crippen molar-refractivity contribution >= 4 is 22.8 Å². The molecule has 2 heterocycles. The maximum absolute atomic E-state index is 12.5. The van der Waals surface area contributed by atoms with Gasteiger partial charge < -0.3 is 19.5 Å². The van der Waals surface area contributed by atoms with Crippen LogP contribution in [0.15, 0.2) is 18.2 Å². The van der Waals surface area contributed by atoms with Gasteiger partial charge in [-0.3, -0.25) is 9.59 Å². The third-order valence-corrected chi connectivity index (χ3v) is 4.84. The molecule has 1 aromatic carbocycles. The zero-order valence-electron chi connectivity index (χ0n) is 15.5. The number of rotatable bonds is 7. The number of nitrogens with one attached hydrogen (secondary N) is 1. The first-order valence-electron chi connectivity index (χ1n) is 9.19. The Labute approximate surface area is 153 Å². The Bertz CT molecular complexity index is 786. The van der Waals surface area contributed by atoms with Crippen LogP contribution in [0.3, 0.4) is 0 Å². The van der Waals surface area contributed by atoms with Gasteiger partial charge in [-0.2, -0.15) is 0 Å². The number of benzene rings is 1. The standard InChI is InChI=1S/C19H26N4O3/c1-3-22(19(25)13-23-10-5-4-6-18(23)24)11-9-17-20-15-8-7-14(26-2)12-16(15)21-17/h7-8,12H,3-6,9-11,13H2,1-2H3,(H,20,21). The quantitative estimate of drug-likeness (QED) is 0.821. The summed E-state index contributed by atoms with van der Waals surface area (Å²) in [7, 11) is 1.64. The lowest BCUT2D eigenvalue weighted by atomic mass is 10.1. The molecule has 1 aliphatic rings. The van der Waals surface area contributed by atoms with Crippen molar-refractivity contribution in [3.8, 4) is 5.75 Å². The fourth-order valence-corrected chi connectivity index (χ4v) is 3.28. The largest absolute Gasteiger partial charge is 0.497 e. The Hall–Kier alpha value is -2.57. The molecule has 0 aliphatic carbocycles. The normalized spacial score (nSPS) is 14.7. The summed E-state index contributed by atoms with van der Waals surface area (Å²) in [6.45, 7) is 4.03. The highest BCUT2D eigenvalue weighted by molar-refractivity contribution is 5.85. The van der Waals surface area contributed by atoms with Crippen LogP contribution in [-0.2, 0) is 16.0 Å². The van der Waals surface area contributed by atoms with Gasteiger partial charge in [0, 0.05) is 38.5 Å². The van der Waals surface area contributed by atoms with Gasteiger partial charge in [0.2, 0.25) is 11.8 Å². The summed E-state index contributed by atoms with van der Waals surface area (Å²) in [5, 5.41) is 0. The van der Waals surface area contributed by atoms with Gasteiger partial charge in [0.15, 0.2) is 0 Å². The SMILES string of the molecule is CCN(CCc1nc2ccc(OC)cc2[nH]1)C(=O)CN1CCCCC1=O. The van der Waals surface area contributed by atoms with E-state index in [2.05, 4.69) is 9.97 Å². The van der Waals surface area contributed by atoms with Crippen molar-refractivity contribution in [3.63, 3.8) is 0 Å². The molecule has 2 aromatic rings. The molecule has 0 radical (unpaired) electrons. The molecule has 140 valence electrons. The van der Waals surface area contributed by atoms with E-state index in [-0.39, 0.29) is 18.4 Å². The predicted octanol–water partition coefficient (Wildman–Crippen LogP) is 1.97. The van der Waals surface area contributed by atoms with Gasteiger partial charge in [0.05, 0.1) is 24.7 Å². The molecular formula is C19H26N4O3. The maximum atomic E-state index is 12.5. The van der Waals surface area contributed by atoms with E-state index < -0.39 is 0 Å². The molecule has 0 bridgehead atoms. The summed E-state index contributed by atoms with van der Waals surface area (Å²) in [5.41, 5.74) is 1.81. The number of piperidine rings is 1. The summed E-state index contributed by atoms with van der Waals surface area (Å²) < 4.78 is 5.23. The first-order chi connectivity index (χ1) is 12.6. The van der Waals surface area contributed by atoms with Crippen molar-refractivity contribution in [1.29, 1.82) is 0 Å². The van der Waals surface area contributed by atoms with Gasteiger partial charge >= 0.3 is 0 Å². The van der Waals surface area contributed by atoms with E-state index in [0.29, 0.717) is 32.5 Å². The summed E-state index contributed by atoms with van der Waals surface area (Å²) >= 11 is 0. The van der Waals surface area contributed by atoms with Crippen LogP contribution in [0.5, 0.6) is 5.75 Å². The Morgan fingerprint density at radius 3 is 2.96 bits per heavy atom. The lowest BCUT2D eigenvalue weighted by Gasteiger charge is -2.29. The van der Waals surface area contributed by atoms with Crippen LogP contribution in [0.1, 0.15) is 32.0 Å². The highest BCUT2D eigenvalue weighted by Crippen LogP contribution is 2.19. The number of carbonyl (C=O) groups excluding carboxylic acids is 2.